The van der Waals surface area contributed by atoms with Gasteiger partial charge in [0.1, 0.15) is 11.3 Å². The Bertz CT molecular complexity index is 398. The Morgan fingerprint density at radius 2 is 2.20 bits per heavy atom. The maximum absolute atomic E-state index is 13.1. The van der Waals surface area contributed by atoms with E-state index < -0.39 is 29.5 Å². The number of hydrogen-bond acceptors (Lipinski definition) is 3. The number of nitrogens with zero attached hydrogens (tertiary/aromatic N) is 1. The minimum absolute atomic E-state index is 0.385. The van der Waals surface area contributed by atoms with Gasteiger partial charge in [0, 0.05) is 0 Å². The molecule has 7 heteroatoms. The lowest BCUT2D eigenvalue weighted by Gasteiger charge is -2.07. The number of pyridine rings is 1. The molecule has 15 heavy (non-hydrogen) atoms. The Kier molecular flexibility index (Phi) is 3.67. The number of aromatic nitrogens is 1. The molecule has 0 saturated carbocycles. The van der Waals surface area contributed by atoms with Crippen LogP contribution in [-0.4, -0.2) is 18.1 Å². The van der Waals surface area contributed by atoms with Crippen molar-refractivity contribution in [2.24, 2.45) is 0 Å². The van der Waals surface area contributed by atoms with Crippen LogP contribution in [0, 0.1) is 5.82 Å². The molecule has 0 amide bonds. The van der Waals surface area contributed by atoms with Crippen LogP contribution in [0.1, 0.15) is 22.5 Å². The number of halogens is 4. The molecule has 82 valence electrons. The van der Waals surface area contributed by atoms with Gasteiger partial charge < -0.3 is 4.74 Å². The standard InChI is InChI=1S/C8H5BrF3NO2/c1-15-8(14)4-3(10)2-13-6(5(4)9)7(11)12/h2,7H,1H3. The van der Waals surface area contributed by atoms with Gasteiger partial charge >= 0.3 is 5.97 Å². The van der Waals surface area contributed by atoms with Gasteiger partial charge in [-0.15, -0.1) is 0 Å². The summed E-state index contributed by atoms with van der Waals surface area (Å²) in [5.74, 6) is -2.05. The van der Waals surface area contributed by atoms with E-state index in [2.05, 4.69) is 25.7 Å². The van der Waals surface area contributed by atoms with Crippen molar-refractivity contribution in [2.45, 2.75) is 6.43 Å². The predicted molar refractivity (Wildman–Crippen MR) is 48.2 cm³/mol. The van der Waals surface area contributed by atoms with E-state index in [0.29, 0.717) is 6.20 Å². The van der Waals surface area contributed by atoms with Crippen LogP contribution in [0.5, 0.6) is 0 Å². The molecule has 0 saturated heterocycles. The molecular weight excluding hydrogens is 279 g/mol. The third-order valence-corrected chi connectivity index (χ3v) is 2.40. The van der Waals surface area contributed by atoms with Crippen molar-refractivity contribution in [2.75, 3.05) is 7.11 Å². The van der Waals surface area contributed by atoms with Crippen LogP contribution in [0.2, 0.25) is 0 Å². The fraction of sp³-hybridized carbons (Fsp3) is 0.250. The van der Waals surface area contributed by atoms with Crippen molar-refractivity contribution in [1.29, 1.82) is 0 Å². The zero-order chi connectivity index (χ0) is 11.6. The average Bonchev–Trinajstić information content (AvgIpc) is 2.16. The van der Waals surface area contributed by atoms with E-state index in [0.717, 1.165) is 7.11 Å². The number of carbonyl (C=O) groups excluding carboxylic acids is 1. The van der Waals surface area contributed by atoms with Gasteiger partial charge in [-0.05, 0) is 15.9 Å². The fourth-order valence-corrected chi connectivity index (χ4v) is 1.55. The highest BCUT2D eigenvalue weighted by atomic mass is 79.9. The molecule has 0 atom stereocenters. The van der Waals surface area contributed by atoms with Crippen LogP contribution in [0.25, 0.3) is 0 Å². The van der Waals surface area contributed by atoms with E-state index in [1.807, 2.05) is 0 Å². The van der Waals surface area contributed by atoms with Gasteiger partial charge in [0.2, 0.25) is 0 Å². The summed E-state index contributed by atoms with van der Waals surface area (Å²) in [6.45, 7) is 0. The first kappa shape index (κ1) is 12.0. The second-order valence-corrected chi connectivity index (χ2v) is 3.27. The van der Waals surface area contributed by atoms with Gasteiger partial charge in [-0.3, -0.25) is 4.98 Å². The lowest BCUT2D eigenvalue weighted by Crippen LogP contribution is -2.09. The molecule has 0 aliphatic heterocycles. The van der Waals surface area contributed by atoms with Crippen LogP contribution < -0.4 is 0 Å². The Balaban J connectivity index is 3.36. The lowest BCUT2D eigenvalue weighted by molar-refractivity contribution is 0.0593. The van der Waals surface area contributed by atoms with E-state index in [9.17, 15) is 18.0 Å². The normalized spacial score (nSPS) is 10.5. The molecule has 1 heterocycles. The number of ether oxygens (including phenoxy) is 1. The SMILES string of the molecule is COC(=O)c1c(F)cnc(C(F)F)c1Br. The molecule has 3 nitrogen and oxygen atoms in total. The summed E-state index contributed by atoms with van der Waals surface area (Å²) in [7, 11) is 1.02. The van der Waals surface area contributed by atoms with E-state index in [4.69, 9.17) is 0 Å². The van der Waals surface area contributed by atoms with Crippen molar-refractivity contribution < 1.29 is 22.7 Å². The van der Waals surface area contributed by atoms with E-state index in [1.165, 1.54) is 0 Å². The van der Waals surface area contributed by atoms with Gasteiger partial charge in [0.25, 0.3) is 6.43 Å². The molecule has 0 fully saturated rings. The van der Waals surface area contributed by atoms with Crippen molar-refractivity contribution in [1.82, 2.24) is 4.98 Å². The molecule has 1 aromatic heterocycles. The summed E-state index contributed by atoms with van der Waals surface area (Å²) in [4.78, 5) is 14.2. The smallest absolute Gasteiger partial charge is 0.342 e. The third kappa shape index (κ3) is 2.28. The van der Waals surface area contributed by atoms with Crippen LogP contribution >= 0.6 is 15.9 Å². The predicted octanol–water partition coefficient (Wildman–Crippen LogP) is 2.71. The zero-order valence-corrected chi connectivity index (χ0v) is 9.02. The highest BCUT2D eigenvalue weighted by Crippen LogP contribution is 2.29. The van der Waals surface area contributed by atoms with Crippen molar-refractivity contribution in [3.63, 3.8) is 0 Å². The van der Waals surface area contributed by atoms with Crippen molar-refractivity contribution in [3.05, 3.63) is 27.7 Å². The molecule has 0 radical (unpaired) electrons. The monoisotopic (exact) mass is 283 g/mol. The van der Waals surface area contributed by atoms with Crippen LogP contribution in [-0.2, 0) is 4.74 Å². The Morgan fingerprint density at radius 1 is 1.60 bits per heavy atom. The first-order chi connectivity index (χ1) is 6.99. The molecule has 0 spiro atoms. The number of alkyl halides is 2. The Labute approximate surface area is 91.4 Å². The quantitative estimate of drug-likeness (QED) is 0.784. The van der Waals surface area contributed by atoms with Gasteiger partial charge in [-0.1, -0.05) is 0 Å². The first-order valence-corrected chi connectivity index (χ1v) is 4.48. The van der Waals surface area contributed by atoms with Crippen LogP contribution in [0.3, 0.4) is 0 Å². The lowest BCUT2D eigenvalue weighted by atomic mass is 10.2. The maximum Gasteiger partial charge on any atom is 0.342 e. The topological polar surface area (TPSA) is 39.2 Å². The maximum atomic E-state index is 13.1. The molecule has 0 unspecified atom stereocenters. The highest BCUT2D eigenvalue weighted by Gasteiger charge is 2.24. The fourth-order valence-electron chi connectivity index (χ4n) is 0.922. The van der Waals surface area contributed by atoms with Gasteiger partial charge in [-0.25, -0.2) is 18.0 Å². The van der Waals surface area contributed by atoms with Gasteiger partial charge in [-0.2, -0.15) is 0 Å². The van der Waals surface area contributed by atoms with Gasteiger partial charge in [0.05, 0.1) is 17.8 Å². The van der Waals surface area contributed by atoms with Crippen molar-refractivity contribution >= 4 is 21.9 Å². The summed E-state index contributed by atoms with van der Waals surface area (Å²) in [5, 5.41) is 0. The van der Waals surface area contributed by atoms with Crippen LogP contribution in [0.4, 0.5) is 13.2 Å². The van der Waals surface area contributed by atoms with E-state index >= 15 is 0 Å². The minimum Gasteiger partial charge on any atom is -0.465 e. The largest absolute Gasteiger partial charge is 0.465 e. The number of methoxy groups -OCH3 is 1. The molecule has 0 bridgehead atoms. The molecule has 0 aliphatic rings. The molecule has 1 rings (SSSR count). The van der Waals surface area contributed by atoms with Gasteiger partial charge in [0.15, 0.2) is 5.82 Å². The summed E-state index contributed by atoms with van der Waals surface area (Å²) in [6, 6.07) is 0. The highest BCUT2D eigenvalue weighted by molar-refractivity contribution is 9.10. The number of rotatable bonds is 2. The molecule has 0 N–H and O–H groups in total. The summed E-state index contributed by atoms with van der Waals surface area (Å²) in [6.07, 6.45) is -2.35. The summed E-state index contributed by atoms with van der Waals surface area (Å²) in [5.41, 5.74) is -1.28. The van der Waals surface area contributed by atoms with E-state index in [-0.39, 0.29) is 4.47 Å². The van der Waals surface area contributed by atoms with Crippen LogP contribution in [0.15, 0.2) is 10.7 Å². The summed E-state index contributed by atoms with van der Waals surface area (Å²) < 4.78 is 41.6. The number of hydrogen-bond donors (Lipinski definition) is 0. The van der Waals surface area contributed by atoms with Crippen molar-refractivity contribution in [3.8, 4) is 0 Å². The third-order valence-electron chi connectivity index (χ3n) is 1.60. The summed E-state index contributed by atoms with van der Waals surface area (Å²) >= 11 is 2.69. The molecule has 0 aliphatic carbocycles. The first-order valence-electron chi connectivity index (χ1n) is 3.69. The minimum atomic E-state index is -2.90. The second kappa shape index (κ2) is 4.61. The average molecular weight is 284 g/mol. The number of carbonyl (C=O) groups is 1. The Morgan fingerprint density at radius 3 is 2.67 bits per heavy atom. The molecule has 0 aromatic carbocycles. The zero-order valence-electron chi connectivity index (χ0n) is 7.43. The second-order valence-electron chi connectivity index (χ2n) is 2.47. The molecular formula is C8H5BrF3NO2. The molecule has 1 aromatic rings. The Hall–Kier alpha value is -1.11. The number of esters is 1. The van der Waals surface area contributed by atoms with E-state index in [1.54, 1.807) is 0 Å².